The number of hydrogen-bond acceptors (Lipinski definition) is 2. The zero-order chi connectivity index (χ0) is 14.8. The Balaban J connectivity index is 1.79. The van der Waals surface area contributed by atoms with Gasteiger partial charge < -0.3 is 10.2 Å². The molecule has 0 aromatic heterocycles. The molecule has 1 N–H and O–H groups in total. The van der Waals surface area contributed by atoms with Crippen molar-refractivity contribution in [1.82, 2.24) is 5.32 Å². The largest absolute Gasteiger partial charge is 0.367 e. The van der Waals surface area contributed by atoms with E-state index in [0.29, 0.717) is 6.04 Å². The van der Waals surface area contributed by atoms with Gasteiger partial charge in [-0.1, -0.05) is 24.3 Å². The molecule has 21 heavy (non-hydrogen) atoms. The molecule has 1 unspecified atom stereocenters. The molecule has 1 aliphatic rings. The van der Waals surface area contributed by atoms with Crippen LogP contribution in [0.3, 0.4) is 0 Å². The fourth-order valence-corrected chi connectivity index (χ4v) is 2.90. The molecule has 0 radical (unpaired) electrons. The summed E-state index contributed by atoms with van der Waals surface area (Å²) >= 11 is 0. The number of anilines is 1. The van der Waals surface area contributed by atoms with E-state index in [4.69, 9.17) is 0 Å². The molecule has 0 fully saturated rings. The van der Waals surface area contributed by atoms with Crippen LogP contribution >= 0.6 is 0 Å². The Morgan fingerprint density at radius 2 is 1.95 bits per heavy atom. The number of rotatable bonds is 4. The van der Waals surface area contributed by atoms with Gasteiger partial charge in [-0.3, -0.25) is 0 Å². The second kappa shape index (κ2) is 5.86. The maximum Gasteiger partial charge on any atom is 0.123 e. The molecule has 1 heterocycles. The lowest BCUT2D eigenvalue weighted by Crippen LogP contribution is -2.19. The second-order valence-electron chi connectivity index (χ2n) is 5.70. The van der Waals surface area contributed by atoms with Crippen molar-refractivity contribution in [3.05, 3.63) is 65.0 Å². The van der Waals surface area contributed by atoms with Crippen LogP contribution in [0.5, 0.6) is 0 Å². The van der Waals surface area contributed by atoms with Gasteiger partial charge in [-0.05, 0) is 55.3 Å². The van der Waals surface area contributed by atoms with E-state index in [1.165, 1.54) is 28.9 Å². The van der Waals surface area contributed by atoms with Crippen molar-refractivity contribution in [3.63, 3.8) is 0 Å². The van der Waals surface area contributed by atoms with Gasteiger partial charge in [0.1, 0.15) is 5.82 Å². The minimum atomic E-state index is -0.175. The third kappa shape index (κ3) is 2.93. The van der Waals surface area contributed by atoms with E-state index in [9.17, 15) is 4.39 Å². The van der Waals surface area contributed by atoms with Gasteiger partial charge in [0.2, 0.25) is 0 Å². The third-order valence-corrected chi connectivity index (χ3v) is 4.32. The number of fused-ring (bicyclic) bond motifs is 1. The van der Waals surface area contributed by atoms with Crippen molar-refractivity contribution < 1.29 is 4.39 Å². The molecule has 1 atom stereocenters. The lowest BCUT2D eigenvalue weighted by atomic mass is 10.0. The Hall–Kier alpha value is -1.87. The van der Waals surface area contributed by atoms with Gasteiger partial charge in [0.15, 0.2) is 0 Å². The summed E-state index contributed by atoms with van der Waals surface area (Å²) in [7, 11) is 1.98. The average molecular weight is 284 g/mol. The SMILES string of the molecule is CNC(C)c1ccc2c(c1)CCN2Cc1ccc(F)cc1. The lowest BCUT2D eigenvalue weighted by Gasteiger charge is -2.20. The fourth-order valence-electron chi connectivity index (χ4n) is 2.90. The first kappa shape index (κ1) is 14.1. The summed E-state index contributed by atoms with van der Waals surface area (Å²) in [5.41, 5.74) is 5.21. The topological polar surface area (TPSA) is 15.3 Å². The van der Waals surface area contributed by atoms with Crippen molar-refractivity contribution in [3.8, 4) is 0 Å². The summed E-state index contributed by atoms with van der Waals surface area (Å²) in [6, 6.07) is 13.9. The van der Waals surface area contributed by atoms with Crippen LogP contribution in [-0.4, -0.2) is 13.6 Å². The first-order valence-corrected chi connectivity index (χ1v) is 7.47. The van der Waals surface area contributed by atoms with Gasteiger partial charge in [-0.2, -0.15) is 0 Å². The van der Waals surface area contributed by atoms with Crippen molar-refractivity contribution in [1.29, 1.82) is 0 Å². The molecular formula is C18H21FN2. The molecule has 2 aromatic carbocycles. The quantitative estimate of drug-likeness (QED) is 0.921. The van der Waals surface area contributed by atoms with Gasteiger partial charge in [0.05, 0.1) is 0 Å². The summed E-state index contributed by atoms with van der Waals surface area (Å²) in [5, 5.41) is 3.28. The Morgan fingerprint density at radius 3 is 2.67 bits per heavy atom. The molecule has 3 heteroatoms. The normalized spacial score (nSPS) is 15.1. The van der Waals surface area contributed by atoms with Crippen molar-refractivity contribution >= 4 is 5.69 Å². The highest BCUT2D eigenvalue weighted by Gasteiger charge is 2.20. The van der Waals surface area contributed by atoms with E-state index in [-0.39, 0.29) is 5.82 Å². The van der Waals surface area contributed by atoms with Crippen LogP contribution in [0.1, 0.15) is 29.7 Å². The first-order valence-electron chi connectivity index (χ1n) is 7.47. The molecule has 1 aliphatic heterocycles. The molecule has 3 rings (SSSR count). The van der Waals surface area contributed by atoms with Crippen LogP contribution in [0.25, 0.3) is 0 Å². The fraction of sp³-hybridized carbons (Fsp3) is 0.333. The lowest BCUT2D eigenvalue weighted by molar-refractivity contribution is 0.626. The van der Waals surface area contributed by atoms with Crippen molar-refractivity contribution in [2.24, 2.45) is 0 Å². The number of hydrogen-bond donors (Lipinski definition) is 1. The summed E-state index contributed by atoms with van der Waals surface area (Å²) in [6.45, 7) is 4.05. The van der Waals surface area contributed by atoms with Crippen molar-refractivity contribution in [2.75, 3.05) is 18.5 Å². The van der Waals surface area contributed by atoms with Gasteiger partial charge >= 0.3 is 0 Å². The minimum absolute atomic E-state index is 0.175. The maximum atomic E-state index is 13.0. The van der Waals surface area contributed by atoms with E-state index < -0.39 is 0 Å². The molecule has 0 amide bonds. The molecule has 0 aliphatic carbocycles. The van der Waals surface area contributed by atoms with Gasteiger partial charge in [-0.15, -0.1) is 0 Å². The first-order chi connectivity index (χ1) is 10.2. The molecule has 0 spiro atoms. The predicted octanol–water partition coefficient (Wildman–Crippen LogP) is 3.67. The standard InChI is InChI=1S/C18H21FN2/c1-13(20-2)15-5-8-18-16(11-15)9-10-21(18)12-14-3-6-17(19)7-4-14/h3-8,11,13,20H,9-10,12H2,1-2H3. The van der Waals surface area contributed by atoms with Gasteiger partial charge in [0, 0.05) is 24.8 Å². The molecule has 110 valence electrons. The van der Waals surface area contributed by atoms with Crippen LogP contribution in [0.2, 0.25) is 0 Å². The second-order valence-corrected chi connectivity index (χ2v) is 5.70. The van der Waals surface area contributed by atoms with Gasteiger partial charge in [0.25, 0.3) is 0 Å². The van der Waals surface area contributed by atoms with E-state index in [1.807, 2.05) is 19.2 Å². The van der Waals surface area contributed by atoms with E-state index in [1.54, 1.807) is 0 Å². The Morgan fingerprint density at radius 1 is 1.19 bits per heavy atom. The molecular weight excluding hydrogens is 263 g/mol. The summed E-state index contributed by atoms with van der Waals surface area (Å²) in [5.74, 6) is -0.175. The average Bonchev–Trinajstić information content (AvgIpc) is 2.91. The van der Waals surface area contributed by atoms with Crippen LogP contribution in [0.15, 0.2) is 42.5 Å². The van der Waals surface area contributed by atoms with E-state index in [2.05, 4.69) is 35.3 Å². The van der Waals surface area contributed by atoms with Crippen LogP contribution in [0, 0.1) is 5.82 Å². The van der Waals surface area contributed by atoms with Gasteiger partial charge in [-0.25, -0.2) is 4.39 Å². The highest BCUT2D eigenvalue weighted by Crippen LogP contribution is 2.31. The molecule has 2 nitrogen and oxygen atoms in total. The van der Waals surface area contributed by atoms with E-state index >= 15 is 0 Å². The highest BCUT2D eigenvalue weighted by molar-refractivity contribution is 5.59. The monoisotopic (exact) mass is 284 g/mol. The zero-order valence-electron chi connectivity index (χ0n) is 12.6. The number of nitrogens with one attached hydrogen (secondary N) is 1. The summed E-state index contributed by atoms with van der Waals surface area (Å²) in [6.07, 6.45) is 1.08. The maximum absolute atomic E-state index is 13.0. The number of nitrogens with zero attached hydrogens (tertiary/aromatic N) is 1. The highest BCUT2D eigenvalue weighted by atomic mass is 19.1. The predicted molar refractivity (Wildman–Crippen MR) is 85.1 cm³/mol. The Labute approximate surface area is 125 Å². The zero-order valence-corrected chi connectivity index (χ0v) is 12.6. The Bertz CT molecular complexity index is 622. The molecule has 0 saturated heterocycles. The van der Waals surface area contributed by atoms with Crippen molar-refractivity contribution in [2.45, 2.75) is 25.9 Å². The van der Waals surface area contributed by atoms with E-state index in [0.717, 1.165) is 25.1 Å². The molecule has 0 saturated carbocycles. The summed E-state index contributed by atoms with van der Waals surface area (Å²) < 4.78 is 13.0. The number of benzene rings is 2. The number of halogens is 1. The van der Waals surface area contributed by atoms with Crippen LogP contribution in [-0.2, 0) is 13.0 Å². The molecule has 0 bridgehead atoms. The third-order valence-electron chi connectivity index (χ3n) is 4.32. The van der Waals surface area contributed by atoms with Crippen LogP contribution in [0.4, 0.5) is 10.1 Å². The summed E-state index contributed by atoms with van der Waals surface area (Å²) in [4.78, 5) is 2.37. The van der Waals surface area contributed by atoms with Crippen LogP contribution < -0.4 is 10.2 Å². The minimum Gasteiger partial charge on any atom is -0.367 e. The molecule has 2 aromatic rings. The Kier molecular flexibility index (Phi) is 3.93. The smallest absolute Gasteiger partial charge is 0.123 e.